The number of carboxylic acids is 1. The SMILES string of the molecule is CCc1cc(SCC2(CC(=O)O)CC2)nc(C)n1. The summed E-state index contributed by atoms with van der Waals surface area (Å²) in [4.78, 5) is 19.5. The van der Waals surface area contributed by atoms with E-state index < -0.39 is 5.97 Å². The van der Waals surface area contributed by atoms with Gasteiger partial charge in [-0.3, -0.25) is 4.79 Å². The number of nitrogens with zero attached hydrogens (tertiary/aromatic N) is 2. The smallest absolute Gasteiger partial charge is 0.303 e. The van der Waals surface area contributed by atoms with Gasteiger partial charge in [-0.2, -0.15) is 0 Å². The summed E-state index contributed by atoms with van der Waals surface area (Å²) in [5.41, 5.74) is 1.06. The molecule has 5 heteroatoms. The summed E-state index contributed by atoms with van der Waals surface area (Å²) in [5.74, 6) is 0.944. The van der Waals surface area contributed by atoms with Gasteiger partial charge in [0.25, 0.3) is 0 Å². The second kappa shape index (κ2) is 5.26. The summed E-state index contributed by atoms with van der Waals surface area (Å²) in [5, 5.41) is 9.85. The van der Waals surface area contributed by atoms with Crippen molar-refractivity contribution in [3.8, 4) is 0 Å². The molecule has 1 aromatic heterocycles. The first-order chi connectivity index (χ1) is 8.53. The van der Waals surface area contributed by atoms with Crippen LogP contribution in [0.5, 0.6) is 0 Å². The quantitative estimate of drug-likeness (QED) is 0.633. The van der Waals surface area contributed by atoms with E-state index in [1.807, 2.05) is 13.0 Å². The van der Waals surface area contributed by atoms with Crippen LogP contribution in [-0.4, -0.2) is 26.8 Å². The Kier molecular flexibility index (Phi) is 3.90. The van der Waals surface area contributed by atoms with Crippen LogP contribution in [0.2, 0.25) is 0 Å². The zero-order valence-corrected chi connectivity index (χ0v) is 11.6. The van der Waals surface area contributed by atoms with Crippen molar-refractivity contribution in [3.05, 3.63) is 17.6 Å². The molecule has 0 aliphatic heterocycles. The second-order valence-corrected chi connectivity index (χ2v) is 5.95. The van der Waals surface area contributed by atoms with Crippen LogP contribution in [0.3, 0.4) is 0 Å². The van der Waals surface area contributed by atoms with Crippen molar-refractivity contribution < 1.29 is 9.90 Å². The molecule has 0 unspecified atom stereocenters. The standard InChI is InChI=1S/C13H18N2O2S/c1-3-10-6-11(15-9(2)14-10)18-8-13(4-5-13)7-12(16)17/h6H,3-5,7-8H2,1-2H3,(H,16,17). The third-order valence-electron chi connectivity index (χ3n) is 3.24. The first-order valence-corrected chi connectivity index (χ1v) is 7.21. The minimum atomic E-state index is -0.693. The fraction of sp³-hybridized carbons (Fsp3) is 0.615. The Balaban J connectivity index is 1.98. The molecule has 2 rings (SSSR count). The molecule has 1 aromatic rings. The van der Waals surface area contributed by atoms with Crippen LogP contribution in [0.15, 0.2) is 11.1 Å². The van der Waals surface area contributed by atoms with Crippen molar-refractivity contribution >= 4 is 17.7 Å². The van der Waals surface area contributed by atoms with Crippen LogP contribution < -0.4 is 0 Å². The van der Waals surface area contributed by atoms with Crippen LogP contribution in [0, 0.1) is 12.3 Å². The zero-order valence-electron chi connectivity index (χ0n) is 10.8. The van der Waals surface area contributed by atoms with Crippen molar-refractivity contribution in [3.63, 3.8) is 0 Å². The van der Waals surface area contributed by atoms with Gasteiger partial charge >= 0.3 is 5.97 Å². The number of hydrogen-bond acceptors (Lipinski definition) is 4. The average molecular weight is 266 g/mol. The van der Waals surface area contributed by atoms with Gasteiger partial charge < -0.3 is 5.11 Å². The molecule has 0 saturated heterocycles. The minimum absolute atomic E-state index is 0.0156. The van der Waals surface area contributed by atoms with Gasteiger partial charge in [0.2, 0.25) is 0 Å². The number of aryl methyl sites for hydroxylation is 2. The van der Waals surface area contributed by atoms with Gasteiger partial charge in [-0.25, -0.2) is 9.97 Å². The molecular formula is C13H18N2O2S. The predicted octanol–water partition coefficient (Wildman–Crippen LogP) is 2.69. The number of carboxylic acid groups (broad SMARTS) is 1. The van der Waals surface area contributed by atoms with Gasteiger partial charge in [0.05, 0.1) is 11.4 Å². The summed E-state index contributed by atoms with van der Waals surface area (Å²) in [6.07, 6.45) is 3.23. The molecular weight excluding hydrogens is 248 g/mol. The van der Waals surface area contributed by atoms with Crippen molar-refractivity contribution in [2.24, 2.45) is 5.41 Å². The minimum Gasteiger partial charge on any atom is -0.481 e. The molecule has 1 fully saturated rings. The fourth-order valence-corrected chi connectivity index (χ4v) is 3.21. The third kappa shape index (κ3) is 3.45. The highest BCUT2D eigenvalue weighted by molar-refractivity contribution is 7.99. The Labute approximate surface area is 111 Å². The highest BCUT2D eigenvalue weighted by Gasteiger charge is 2.44. The molecule has 1 N–H and O–H groups in total. The summed E-state index contributed by atoms with van der Waals surface area (Å²) in [6, 6.07) is 2.01. The summed E-state index contributed by atoms with van der Waals surface area (Å²) < 4.78 is 0. The summed E-state index contributed by atoms with van der Waals surface area (Å²) in [7, 11) is 0. The van der Waals surface area contributed by atoms with Crippen LogP contribution in [0.25, 0.3) is 0 Å². The van der Waals surface area contributed by atoms with Crippen molar-refractivity contribution in [1.29, 1.82) is 0 Å². The molecule has 0 bridgehead atoms. The number of rotatable bonds is 6. The molecule has 0 aromatic carbocycles. The topological polar surface area (TPSA) is 63.1 Å². The number of aromatic nitrogens is 2. The molecule has 1 heterocycles. The van der Waals surface area contributed by atoms with E-state index in [-0.39, 0.29) is 11.8 Å². The molecule has 1 aliphatic carbocycles. The van der Waals surface area contributed by atoms with Gasteiger partial charge in [-0.15, -0.1) is 11.8 Å². The van der Waals surface area contributed by atoms with E-state index in [1.54, 1.807) is 11.8 Å². The lowest BCUT2D eigenvalue weighted by Gasteiger charge is -2.11. The Hall–Kier alpha value is -1.10. The monoisotopic (exact) mass is 266 g/mol. The van der Waals surface area contributed by atoms with E-state index in [4.69, 9.17) is 5.11 Å². The van der Waals surface area contributed by atoms with E-state index in [9.17, 15) is 4.79 Å². The Bertz CT molecular complexity index is 458. The van der Waals surface area contributed by atoms with Gasteiger partial charge in [0.1, 0.15) is 5.82 Å². The van der Waals surface area contributed by atoms with Gasteiger partial charge in [-0.1, -0.05) is 6.92 Å². The average Bonchev–Trinajstić information content (AvgIpc) is 3.05. The maximum atomic E-state index is 10.8. The van der Waals surface area contributed by atoms with E-state index in [0.717, 1.165) is 41.6 Å². The predicted molar refractivity (Wildman–Crippen MR) is 70.8 cm³/mol. The Morgan fingerprint density at radius 2 is 2.22 bits per heavy atom. The van der Waals surface area contributed by atoms with Gasteiger partial charge in [0, 0.05) is 11.4 Å². The molecule has 18 heavy (non-hydrogen) atoms. The van der Waals surface area contributed by atoms with Crippen molar-refractivity contribution in [1.82, 2.24) is 9.97 Å². The van der Waals surface area contributed by atoms with E-state index in [2.05, 4.69) is 16.9 Å². The summed E-state index contributed by atoms with van der Waals surface area (Å²) >= 11 is 1.66. The molecule has 1 aliphatic rings. The van der Waals surface area contributed by atoms with Crippen LogP contribution in [-0.2, 0) is 11.2 Å². The van der Waals surface area contributed by atoms with E-state index in [1.165, 1.54) is 0 Å². The molecule has 0 atom stereocenters. The lowest BCUT2D eigenvalue weighted by Crippen LogP contribution is -2.11. The van der Waals surface area contributed by atoms with Gasteiger partial charge in [-0.05, 0) is 37.7 Å². The highest BCUT2D eigenvalue weighted by atomic mass is 32.2. The maximum absolute atomic E-state index is 10.8. The van der Waals surface area contributed by atoms with Crippen molar-refractivity contribution in [2.45, 2.75) is 44.6 Å². The maximum Gasteiger partial charge on any atom is 0.303 e. The lowest BCUT2D eigenvalue weighted by molar-refractivity contribution is -0.138. The van der Waals surface area contributed by atoms with Crippen molar-refractivity contribution in [2.75, 3.05) is 5.75 Å². The first-order valence-electron chi connectivity index (χ1n) is 6.22. The molecule has 0 spiro atoms. The van der Waals surface area contributed by atoms with Crippen LogP contribution in [0.1, 0.15) is 37.7 Å². The lowest BCUT2D eigenvalue weighted by atomic mass is 10.1. The highest BCUT2D eigenvalue weighted by Crippen LogP contribution is 2.51. The molecule has 98 valence electrons. The molecule has 4 nitrogen and oxygen atoms in total. The summed E-state index contributed by atoms with van der Waals surface area (Å²) in [6.45, 7) is 3.97. The number of carbonyl (C=O) groups is 1. The number of aliphatic carboxylic acids is 1. The molecule has 0 radical (unpaired) electrons. The Morgan fingerprint density at radius 1 is 1.50 bits per heavy atom. The van der Waals surface area contributed by atoms with E-state index in [0.29, 0.717) is 0 Å². The first kappa shape index (κ1) is 13.3. The van der Waals surface area contributed by atoms with Gasteiger partial charge in [0.15, 0.2) is 0 Å². The van der Waals surface area contributed by atoms with Crippen LogP contribution >= 0.6 is 11.8 Å². The second-order valence-electron chi connectivity index (χ2n) is 4.96. The Morgan fingerprint density at radius 3 is 2.78 bits per heavy atom. The van der Waals surface area contributed by atoms with E-state index >= 15 is 0 Å². The fourth-order valence-electron chi connectivity index (χ4n) is 1.95. The normalized spacial score (nSPS) is 16.6. The third-order valence-corrected chi connectivity index (χ3v) is 4.50. The molecule has 0 amide bonds. The molecule has 1 saturated carbocycles. The number of thioether (sulfide) groups is 1. The number of hydrogen-bond donors (Lipinski definition) is 1. The zero-order chi connectivity index (χ0) is 13.2. The largest absolute Gasteiger partial charge is 0.481 e. The van der Waals surface area contributed by atoms with Crippen LogP contribution in [0.4, 0.5) is 0 Å².